The molecule has 2 aromatic carbocycles. The van der Waals surface area contributed by atoms with Crippen molar-refractivity contribution in [1.29, 1.82) is 0 Å². The number of likely N-dealkylation sites (tertiary alicyclic amines) is 1. The van der Waals surface area contributed by atoms with Crippen LogP contribution in [0.3, 0.4) is 0 Å². The van der Waals surface area contributed by atoms with Gasteiger partial charge < -0.3 is 9.30 Å². The van der Waals surface area contributed by atoms with Crippen molar-refractivity contribution in [2.24, 2.45) is 0 Å². The number of aromatic nitrogens is 2. The highest BCUT2D eigenvalue weighted by Gasteiger charge is 2.43. The van der Waals surface area contributed by atoms with E-state index in [1.54, 1.807) is 6.07 Å². The molecule has 8 heteroatoms. The van der Waals surface area contributed by atoms with Gasteiger partial charge in [-0.15, -0.1) is 0 Å². The Bertz CT molecular complexity index is 1430. The largest absolute Gasteiger partial charge is 0.330 e. The third kappa shape index (κ3) is 4.31. The number of pyridine rings is 1. The van der Waals surface area contributed by atoms with Gasteiger partial charge in [0.2, 0.25) is 0 Å². The first-order valence-electron chi connectivity index (χ1n) is 12.1. The second-order valence-electron chi connectivity index (χ2n) is 9.57. The van der Waals surface area contributed by atoms with E-state index in [1.165, 1.54) is 12.1 Å². The minimum atomic E-state index is -0.361. The van der Waals surface area contributed by atoms with Gasteiger partial charge in [0.05, 0.1) is 11.4 Å². The van der Waals surface area contributed by atoms with E-state index in [4.69, 9.17) is 16.6 Å². The van der Waals surface area contributed by atoms with Gasteiger partial charge in [-0.25, -0.2) is 9.37 Å². The molecule has 36 heavy (non-hydrogen) atoms. The average molecular weight is 615 g/mol. The van der Waals surface area contributed by atoms with Crippen LogP contribution in [0.25, 0.3) is 16.9 Å². The molecule has 0 spiro atoms. The van der Waals surface area contributed by atoms with E-state index in [-0.39, 0.29) is 23.8 Å². The molecule has 2 atom stereocenters. The Morgan fingerprint density at radius 2 is 1.81 bits per heavy atom. The van der Waals surface area contributed by atoms with Crippen LogP contribution in [0, 0.1) is 5.82 Å². The van der Waals surface area contributed by atoms with Crippen LogP contribution in [0.15, 0.2) is 66.9 Å². The van der Waals surface area contributed by atoms with E-state index >= 15 is 0 Å². The van der Waals surface area contributed by atoms with Crippen LogP contribution in [0.4, 0.5) is 4.39 Å². The molecule has 4 heterocycles. The normalized spacial score (nSPS) is 19.8. The number of alkyl halides is 1. The number of imidazole rings is 1. The molecule has 2 saturated heterocycles. The highest BCUT2D eigenvalue weighted by molar-refractivity contribution is 14.1. The molecule has 5 nitrogen and oxygen atoms in total. The summed E-state index contributed by atoms with van der Waals surface area (Å²) in [5.74, 6) is -0.398. The Balaban J connectivity index is 1.28. The minimum Gasteiger partial charge on any atom is -0.330 e. The maximum Gasteiger partial charge on any atom is 0.254 e. The first-order valence-corrected chi connectivity index (χ1v) is 14.0. The number of rotatable bonds is 5. The van der Waals surface area contributed by atoms with Crippen molar-refractivity contribution in [1.82, 2.24) is 19.2 Å². The Kier molecular flexibility index (Phi) is 6.47. The van der Waals surface area contributed by atoms with Crippen molar-refractivity contribution in [3.05, 3.63) is 94.5 Å². The zero-order valence-corrected chi connectivity index (χ0v) is 22.5. The summed E-state index contributed by atoms with van der Waals surface area (Å²) in [5.41, 5.74) is 5.42. The van der Waals surface area contributed by atoms with Crippen LogP contribution in [-0.2, 0) is 11.0 Å². The van der Waals surface area contributed by atoms with E-state index in [0.717, 1.165) is 60.6 Å². The molecular weight excluding hydrogens is 590 g/mol. The second kappa shape index (κ2) is 9.76. The van der Waals surface area contributed by atoms with Gasteiger partial charge in [0, 0.05) is 58.5 Å². The first-order chi connectivity index (χ1) is 17.5. The molecule has 2 aromatic heterocycles. The number of carbonyl (C=O) groups excluding carboxylic acids is 1. The number of carbonyl (C=O) groups is 1. The summed E-state index contributed by atoms with van der Waals surface area (Å²) in [6.45, 7) is 2.31. The Labute approximate surface area is 228 Å². The number of benzene rings is 2. The molecule has 2 aliphatic heterocycles. The topological polar surface area (TPSA) is 40.9 Å². The number of piperazine rings is 1. The molecule has 4 aromatic rings. The highest BCUT2D eigenvalue weighted by Crippen LogP contribution is 2.34. The third-order valence-electron chi connectivity index (χ3n) is 7.36. The van der Waals surface area contributed by atoms with Crippen molar-refractivity contribution in [2.45, 2.75) is 35.9 Å². The number of nitrogens with zero attached hydrogens (tertiary/aromatic N) is 4. The van der Waals surface area contributed by atoms with E-state index < -0.39 is 0 Å². The van der Waals surface area contributed by atoms with Crippen LogP contribution in [0.5, 0.6) is 0 Å². The molecule has 0 radical (unpaired) electrons. The lowest BCUT2D eigenvalue weighted by Crippen LogP contribution is -2.55. The standard InChI is InChI=1S/C28H25ClFIN4O/c29-20-7-4-18(5-8-20)27-25(34-12-2-1-3-26(34)32-27)17-33-15-22-10-11-23(16-33)35(22)28(36)24-13-21(30)9-6-19(24)14-31/h1-9,12-13,22-23H,10-11,14-17H2. The third-order valence-corrected chi connectivity index (χ3v) is 8.43. The molecule has 0 N–H and O–H groups in total. The number of halogens is 3. The maximum absolute atomic E-state index is 14.0. The van der Waals surface area contributed by atoms with Crippen molar-refractivity contribution >= 4 is 45.7 Å². The summed E-state index contributed by atoms with van der Waals surface area (Å²) >= 11 is 8.37. The first kappa shape index (κ1) is 23.9. The van der Waals surface area contributed by atoms with E-state index in [0.29, 0.717) is 15.0 Å². The summed E-state index contributed by atoms with van der Waals surface area (Å²) in [6, 6.07) is 18.7. The summed E-state index contributed by atoms with van der Waals surface area (Å²) < 4.78 is 16.9. The van der Waals surface area contributed by atoms with Gasteiger partial charge >= 0.3 is 0 Å². The van der Waals surface area contributed by atoms with Gasteiger partial charge in [-0.1, -0.05) is 58.5 Å². The number of hydrogen-bond acceptors (Lipinski definition) is 3. The smallest absolute Gasteiger partial charge is 0.254 e. The van der Waals surface area contributed by atoms with E-state index in [1.807, 2.05) is 47.4 Å². The van der Waals surface area contributed by atoms with Crippen LogP contribution in [-0.4, -0.2) is 50.3 Å². The SMILES string of the molecule is O=C(c1cc(F)ccc1CI)N1C2CCC1CN(Cc1c(-c3ccc(Cl)cc3)nc3ccccn13)C2. The minimum absolute atomic E-state index is 0.0371. The molecule has 2 fully saturated rings. The summed E-state index contributed by atoms with van der Waals surface area (Å²) in [4.78, 5) is 23.0. The molecular formula is C28H25ClFIN4O. The summed E-state index contributed by atoms with van der Waals surface area (Å²) in [7, 11) is 0. The molecule has 2 bridgehead atoms. The van der Waals surface area contributed by atoms with Gasteiger partial charge in [0.15, 0.2) is 0 Å². The lowest BCUT2D eigenvalue weighted by Gasteiger charge is -2.41. The Hall–Kier alpha value is -2.49. The summed E-state index contributed by atoms with van der Waals surface area (Å²) in [6.07, 6.45) is 4.00. The number of amides is 1. The fourth-order valence-corrected chi connectivity index (χ4v) is 6.49. The van der Waals surface area contributed by atoms with Gasteiger partial charge in [-0.3, -0.25) is 9.69 Å². The van der Waals surface area contributed by atoms with Gasteiger partial charge in [0.1, 0.15) is 11.5 Å². The van der Waals surface area contributed by atoms with Crippen LogP contribution in [0.2, 0.25) is 5.02 Å². The van der Waals surface area contributed by atoms with Crippen molar-refractivity contribution < 1.29 is 9.18 Å². The molecule has 2 aliphatic rings. The zero-order valence-electron chi connectivity index (χ0n) is 19.6. The molecule has 1 amide bonds. The molecule has 6 rings (SSSR count). The monoisotopic (exact) mass is 614 g/mol. The van der Waals surface area contributed by atoms with Gasteiger partial charge in [0.25, 0.3) is 5.91 Å². The average Bonchev–Trinajstić information content (AvgIpc) is 3.38. The van der Waals surface area contributed by atoms with Gasteiger partial charge in [-0.2, -0.15) is 0 Å². The maximum atomic E-state index is 14.0. The van der Waals surface area contributed by atoms with Crippen LogP contribution in [0.1, 0.15) is 34.5 Å². The highest BCUT2D eigenvalue weighted by atomic mass is 127. The Morgan fingerprint density at radius 1 is 1.06 bits per heavy atom. The van der Waals surface area contributed by atoms with E-state index in [2.05, 4.69) is 38.1 Å². The zero-order chi connectivity index (χ0) is 24.8. The van der Waals surface area contributed by atoms with Crippen molar-refractivity contribution in [3.8, 4) is 11.3 Å². The summed E-state index contributed by atoms with van der Waals surface area (Å²) in [5, 5.41) is 0.699. The number of fused-ring (bicyclic) bond motifs is 3. The van der Waals surface area contributed by atoms with Crippen molar-refractivity contribution in [2.75, 3.05) is 13.1 Å². The fraction of sp³-hybridized carbons (Fsp3) is 0.286. The quantitative estimate of drug-likeness (QED) is 0.198. The Morgan fingerprint density at radius 3 is 2.53 bits per heavy atom. The fourth-order valence-electron chi connectivity index (χ4n) is 5.70. The van der Waals surface area contributed by atoms with E-state index in [9.17, 15) is 9.18 Å². The number of hydrogen-bond donors (Lipinski definition) is 0. The molecule has 184 valence electrons. The second-order valence-corrected chi connectivity index (χ2v) is 10.8. The predicted molar refractivity (Wildman–Crippen MR) is 148 cm³/mol. The van der Waals surface area contributed by atoms with Crippen LogP contribution < -0.4 is 0 Å². The molecule has 0 aliphatic carbocycles. The molecule has 0 saturated carbocycles. The predicted octanol–water partition coefficient (Wildman–Crippen LogP) is 6.22. The lowest BCUT2D eigenvalue weighted by molar-refractivity contribution is 0.0401. The van der Waals surface area contributed by atoms with Gasteiger partial charge in [-0.05, 0) is 54.8 Å². The lowest BCUT2D eigenvalue weighted by atomic mass is 10.0. The van der Waals surface area contributed by atoms with Crippen molar-refractivity contribution in [3.63, 3.8) is 0 Å². The molecule has 2 unspecified atom stereocenters. The van der Waals surface area contributed by atoms with Crippen LogP contribution >= 0.6 is 34.2 Å².